The van der Waals surface area contributed by atoms with Crippen LogP contribution in [-0.4, -0.2) is 195 Å². The summed E-state index contributed by atoms with van der Waals surface area (Å²) in [5.41, 5.74) is -1.17. The van der Waals surface area contributed by atoms with Gasteiger partial charge in [0, 0.05) is 44.0 Å². The SMILES string of the molecule is CC[C@H]1OC(=O)[C@H](C)[C@@H](O[C@H]2C[C@@](C)(OC)[C@@H](O)[C@H](C)O2)[C@H](C)[C@@H](O[C@@H]2O[C@H](C)C[C@H](N(C)C)[C@H]2O)[C@](C)(O)C[C@@H](C)CN(C(=O)CCCCCCC[P+](c2ccccc2-c2c(OC(C)C)cccc2OC(C)C)(C2CCCCC2)C2CCCCC2)[C@H](C)[C@@H](O)[C@]1(C)O. The maximum Gasteiger partial charge on any atom is 0.311 e. The van der Waals surface area contributed by atoms with Crippen molar-refractivity contribution in [2.24, 2.45) is 17.8 Å². The van der Waals surface area contributed by atoms with E-state index in [9.17, 15) is 30.3 Å². The molecule has 530 valence electrons. The van der Waals surface area contributed by atoms with Crippen LogP contribution in [0.5, 0.6) is 11.5 Å². The molecule has 0 aromatic heterocycles. The summed E-state index contributed by atoms with van der Waals surface area (Å²) in [6, 6.07) is 14.3. The summed E-state index contributed by atoms with van der Waals surface area (Å²) in [5.74, 6) is -1.56. The average molecular weight is 1330 g/mol. The number of nitrogens with zero attached hydrogens (tertiary/aromatic N) is 2. The molecular formula is C75H126N2O15P+. The molecule has 17 nitrogen and oxygen atoms in total. The number of esters is 1. The van der Waals surface area contributed by atoms with Crippen LogP contribution in [0.25, 0.3) is 11.1 Å². The Morgan fingerprint density at radius 2 is 1.33 bits per heavy atom. The van der Waals surface area contributed by atoms with E-state index in [4.69, 9.17) is 37.9 Å². The predicted octanol–water partition coefficient (Wildman–Crippen LogP) is 12.4. The van der Waals surface area contributed by atoms with E-state index in [0.717, 1.165) is 42.7 Å². The fourth-order valence-electron chi connectivity index (χ4n) is 17.0. The van der Waals surface area contributed by atoms with Crippen molar-refractivity contribution < 1.29 is 73.0 Å². The van der Waals surface area contributed by atoms with Crippen molar-refractivity contribution in [2.45, 2.75) is 339 Å². The molecule has 0 bridgehead atoms. The van der Waals surface area contributed by atoms with E-state index in [1.807, 2.05) is 39.8 Å². The quantitative estimate of drug-likeness (QED) is 0.0397. The number of unbranched alkanes of at least 4 members (excludes halogenated alkanes) is 4. The molecule has 0 radical (unpaired) electrons. The maximum absolute atomic E-state index is 15.1. The minimum Gasteiger partial charge on any atom is -0.490 e. The highest BCUT2D eigenvalue weighted by Crippen LogP contribution is 2.73. The Hall–Kier alpha value is -3.03. The lowest BCUT2D eigenvalue weighted by molar-refractivity contribution is -0.318. The number of methoxy groups -OCH3 is 1. The molecule has 5 N–H and O–H groups in total. The van der Waals surface area contributed by atoms with E-state index < -0.39 is 109 Å². The highest BCUT2D eigenvalue weighted by molar-refractivity contribution is 7.84. The van der Waals surface area contributed by atoms with E-state index in [1.54, 1.807) is 51.7 Å². The van der Waals surface area contributed by atoms with Crippen molar-refractivity contribution in [1.29, 1.82) is 0 Å². The highest BCUT2D eigenvalue weighted by Gasteiger charge is 2.56. The largest absolute Gasteiger partial charge is 0.490 e. The maximum atomic E-state index is 15.1. The normalized spacial score (nSPS) is 35.3. The van der Waals surface area contributed by atoms with E-state index in [1.165, 1.54) is 90.0 Å². The average Bonchev–Trinajstić information content (AvgIpc) is 1.10. The molecule has 2 saturated carbocycles. The number of aliphatic hydroxyl groups is 5. The van der Waals surface area contributed by atoms with Gasteiger partial charge in [0.05, 0.1) is 90.1 Å². The predicted molar refractivity (Wildman–Crippen MR) is 370 cm³/mol. The summed E-state index contributed by atoms with van der Waals surface area (Å²) < 4.78 is 52.0. The number of hydrogen-bond donors (Lipinski definition) is 5. The summed E-state index contributed by atoms with van der Waals surface area (Å²) in [6.07, 6.45) is 9.17. The molecule has 5 fully saturated rings. The molecule has 2 aromatic carbocycles. The first kappa shape index (κ1) is 77.3. The van der Waals surface area contributed by atoms with E-state index in [-0.39, 0.29) is 62.5 Å². The molecule has 2 aliphatic carbocycles. The van der Waals surface area contributed by atoms with Gasteiger partial charge in [0.25, 0.3) is 0 Å². The fourth-order valence-corrected chi connectivity index (χ4v) is 23.6. The Labute approximate surface area is 560 Å². The number of aliphatic hydroxyl groups excluding tert-OH is 3. The third kappa shape index (κ3) is 18.6. The second kappa shape index (κ2) is 34.2. The number of likely N-dealkylation sites (N-methyl/N-ethyl adjacent to an activating group) is 1. The molecule has 3 saturated heterocycles. The number of benzene rings is 2. The van der Waals surface area contributed by atoms with Crippen molar-refractivity contribution in [1.82, 2.24) is 9.80 Å². The zero-order valence-corrected chi connectivity index (χ0v) is 61.1. The first-order valence-electron chi connectivity index (χ1n) is 36.2. The Morgan fingerprint density at radius 3 is 1.90 bits per heavy atom. The van der Waals surface area contributed by atoms with Crippen LogP contribution in [-0.2, 0) is 38.0 Å². The Balaban J connectivity index is 1.15. The summed E-state index contributed by atoms with van der Waals surface area (Å²) in [4.78, 5) is 33.5. The van der Waals surface area contributed by atoms with Gasteiger partial charge in [-0.3, -0.25) is 9.59 Å². The number of cyclic esters (lactones) is 1. The number of carbonyl (C=O) groups excluding carboxylic acids is 2. The summed E-state index contributed by atoms with van der Waals surface area (Å²) in [6.45, 7) is 26.0. The molecule has 18 heteroatoms. The lowest BCUT2D eigenvalue weighted by Crippen LogP contribution is -2.60. The second-order valence-electron chi connectivity index (χ2n) is 30.5. The van der Waals surface area contributed by atoms with Gasteiger partial charge in [0.1, 0.15) is 46.8 Å². The summed E-state index contributed by atoms with van der Waals surface area (Å²) in [5, 5.41) is 62.9. The molecule has 5 aliphatic rings. The van der Waals surface area contributed by atoms with Crippen molar-refractivity contribution in [2.75, 3.05) is 33.9 Å². The minimum atomic E-state index is -2.03. The van der Waals surface area contributed by atoms with Crippen LogP contribution >= 0.6 is 7.26 Å². The number of rotatable bonds is 23. The van der Waals surface area contributed by atoms with Crippen LogP contribution in [0.1, 0.15) is 225 Å². The van der Waals surface area contributed by atoms with Crippen molar-refractivity contribution in [3.8, 4) is 22.6 Å². The summed E-state index contributed by atoms with van der Waals surface area (Å²) >= 11 is 0. The number of carbonyl (C=O) groups is 2. The van der Waals surface area contributed by atoms with E-state index >= 15 is 4.79 Å². The Morgan fingerprint density at radius 1 is 0.753 bits per heavy atom. The van der Waals surface area contributed by atoms with Gasteiger partial charge in [-0.05, 0) is 204 Å². The molecule has 2 aromatic rings. The molecule has 0 spiro atoms. The van der Waals surface area contributed by atoms with Gasteiger partial charge in [-0.2, -0.15) is 0 Å². The smallest absolute Gasteiger partial charge is 0.311 e. The first-order valence-corrected chi connectivity index (χ1v) is 38.3. The van der Waals surface area contributed by atoms with E-state index in [0.29, 0.717) is 24.2 Å². The molecule has 93 heavy (non-hydrogen) atoms. The second-order valence-corrected chi connectivity index (χ2v) is 34.8. The van der Waals surface area contributed by atoms with E-state index in [2.05, 4.69) is 70.2 Å². The third-order valence-corrected chi connectivity index (χ3v) is 27.9. The van der Waals surface area contributed by atoms with Crippen LogP contribution < -0.4 is 14.8 Å². The minimum absolute atomic E-state index is 0.00428. The van der Waals surface area contributed by atoms with Crippen molar-refractivity contribution in [3.05, 3.63) is 42.5 Å². The number of hydrogen-bond acceptors (Lipinski definition) is 16. The number of ether oxygens (including phenoxy) is 8. The van der Waals surface area contributed by atoms with Gasteiger partial charge in [0.2, 0.25) is 5.91 Å². The van der Waals surface area contributed by atoms with Crippen LogP contribution in [0, 0.1) is 17.8 Å². The monoisotopic (exact) mass is 1330 g/mol. The van der Waals surface area contributed by atoms with Gasteiger partial charge in [-0.15, -0.1) is 0 Å². The van der Waals surface area contributed by atoms with Gasteiger partial charge >= 0.3 is 5.97 Å². The fraction of sp³-hybridized carbons (Fsp3) is 0.813. The lowest BCUT2D eigenvalue weighted by atomic mass is 9.77. The molecule has 3 heterocycles. The van der Waals surface area contributed by atoms with Gasteiger partial charge in [-0.25, -0.2) is 0 Å². The van der Waals surface area contributed by atoms with Gasteiger partial charge in [-0.1, -0.05) is 70.7 Å². The lowest BCUT2D eigenvalue weighted by Gasteiger charge is -2.48. The number of amides is 1. The highest BCUT2D eigenvalue weighted by atomic mass is 31.2. The van der Waals surface area contributed by atoms with Crippen LogP contribution in [0.3, 0.4) is 0 Å². The van der Waals surface area contributed by atoms with Crippen LogP contribution in [0.2, 0.25) is 0 Å². The standard InChI is InChI=1S/C75H126N2O15P/c1-18-62-75(14,84)68(80)53(10)77(46-49(6)44-73(12,83)70(92-72-66(79)58(76(15)16)43-50(7)88-72)51(8)67(52(9)71(82)90-62)91-64-45-74(13,85-17)69(81)54(11)89-64)63(78)41-28-20-19-21-31-42-93(55-33-24-22-25-34-55,56-35-26-23-27-36-56)61-40-30-29-37-57(61)65-59(86-47(2)3)38-32-39-60(65)87-48(4)5/h29-30,32,37-40,47-56,58,62,64,66-70,72,79-81,83-84H,18-28,31,33-36,41-46H2,1-17H3/q+1/t49-,50-,51+,52-,53-,54+,58+,62-,64+,66-,67+,68-,69+,70-,72+,73-,74-,75-/m1/s1. The van der Waals surface area contributed by atoms with Gasteiger partial charge < -0.3 is 73.2 Å². The van der Waals surface area contributed by atoms with Crippen molar-refractivity contribution >= 4 is 24.4 Å². The molecular weight excluding hydrogens is 1200 g/mol. The third-order valence-electron chi connectivity index (χ3n) is 21.9. The van der Waals surface area contributed by atoms with Crippen molar-refractivity contribution in [3.63, 3.8) is 0 Å². The first-order chi connectivity index (χ1) is 43.9. The molecule has 3 aliphatic heterocycles. The molecule has 7 rings (SSSR count). The molecule has 18 atom stereocenters. The summed E-state index contributed by atoms with van der Waals surface area (Å²) in [7, 11) is 3.45. The topological polar surface area (TPSA) is 216 Å². The molecule has 1 amide bonds. The van der Waals surface area contributed by atoms with Gasteiger partial charge in [0.15, 0.2) is 12.6 Å². The van der Waals surface area contributed by atoms with Crippen LogP contribution in [0.15, 0.2) is 42.5 Å². The zero-order valence-electron chi connectivity index (χ0n) is 60.2. The molecule has 0 unspecified atom stereocenters. The zero-order chi connectivity index (χ0) is 68.3. The Kier molecular flexibility index (Phi) is 28.4. The van der Waals surface area contributed by atoms with Crippen LogP contribution in [0.4, 0.5) is 0 Å². The Bertz CT molecular complexity index is 2580.